The molecule has 5 heteroatoms. The first kappa shape index (κ1) is 14.6. The molecule has 1 saturated heterocycles. The van der Waals surface area contributed by atoms with Crippen molar-refractivity contribution in [3.05, 3.63) is 84.1 Å². The molecular weight excluding hydrogens is 336 g/mol. The van der Waals surface area contributed by atoms with Gasteiger partial charge in [0.25, 0.3) is 0 Å². The first-order valence-corrected chi connectivity index (χ1v) is 9.02. The van der Waals surface area contributed by atoms with Gasteiger partial charge in [-0.3, -0.25) is 9.89 Å². The number of H-pyrrole nitrogens is 1. The Balaban J connectivity index is 1.39. The smallest absolute Gasteiger partial charge is 0.237 e. The van der Waals surface area contributed by atoms with E-state index in [1.54, 1.807) is 0 Å². The highest BCUT2D eigenvalue weighted by Gasteiger charge is 2.57. The summed E-state index contributed by atoms with van der Waals surface area (Å²) in [5.74, 6) is 0.133. The lowest BCUT2D eigenvalue weighted by atomic mass is 9.83. The van der Waals surface area contributed by atoms with Gasteiger partial charge in [-0.05, 0) is 41.5 Å². The predicted molar refractivity (Wildman–Crippen MR) is 105 cm³/mol. The van der Waals surface area contributed by atoms with Crippen LogP contribution in [-0.2, 0) is 4.79 Å². The number of aromatic nitrogens is 2. The Morgan fingerprint density at radius 2 is 1.78 bits per heavy atom. The highest BCUT2D eigenvalue weighted by atomic mass is 16.2. The van der Waals surface area contributed by atoms with Crippen LogP contribution in [0.2, 0.25) is 0 Å². The number of benzene rings is 3. The van der Waals surface area contributed by atoms with Crippen molar-refractivity contribution < 1.29 is 4.79 Å². The normalized spacial score (nSPS) is 19.9. The highest BCUT2D eigenvalue weighted by Crippen LogP contribution is 2.59. The number of para-hydroxylation sites is 2. The summed E-state index contributed by atoms with van der Waals surface area (Å²) in [6.07, 6.45) is 1.81. The fraction of sp³-hybridized carbons (Fsp3) is 0.0909. The molecule has 2 atom stereocenters. The summed E-state index contributed by atoms with van der Waals surface area (Å²) >= 11 is 0. The molecule has 0 saturated carbocycles. The topological polar surface area (TPSA) is 61.0 Å². The van der Waals surface area contributed by atoms with Crippen molar-refractivity contribution in [1.29, 1.82) is 0 Å². The van der Waals surface area contributed by atoms with Gasteiger partial charge in [0.15, 0.2) is 0 Å². The molecule has 2 N–H and O–H groups in total. The van der Waals surface area contributed by atoms with E-state index in [1.807, 2.05) is 53.6 Å². The molecule has 2 bridgehead atoms. The van der Waals surface area contributed by atoms with E-state index in [9.17, 15) is 4.79 Å². The molecule has 130 valence electrons. The van der Waals surface area contributed by atoms with Crippen LogP contribution in [0.4, 0.5) is 17.1 Å². The van der Waals surface area contributed by atoms with E-state index in [-0.39, 0.29) is 17.9 Å². The Labute approximate surface area is 155 Å². The maximum atomic E-state index is 12.5. The van der Waals surface area contributed by atoms with Crippen LogP contribution >= 0.6 is 0 Å². The van der Waals surface area contributed by atoms with Gasteiger partial charge in [-0.25, -0.2) is 0 Å². The summed E-state index contributed by atoms with van der Waals surface area (Å²) < 4.78 is 0. The molecular formula is C22H16N4O. The van der Waals surface area contributed by atoms with Crippen molar-refractivity contribution >= 4 is 33.9 Å². The number of hydrogen-bond donors (Lipinski definition) is 2. The molecule has 2 aliphatic heterocycles. The van der Waals surface area contributed by atoms with Gasteiger partial charge in [0, 0.05) is 22.4 Å². The lowest BCUT2D eigenvalue weighted by Gasteiger charge is -2.39. The maximum Gasteiger partial charge on any atom is 0.237 e. The zero-order valence-electron chi connectivity index (χ0n) is 14.4. The molecule has 0 radical (unpaired) electrons. The van der Waals surface area contributed by atoms with Gasteiger partial charge in [0.05, 0.1) is 23.7 Å². The zero-order valence-corrected chi connectivity index (χ0v) is 14.4. The number of hydrogen-bond acceptors (Lipinski definition) is 3. The first-order chi connectivity index (χ1) is 13.3. The molecule has 0 spiro atoms. The van der Waals surface area contributed by atoms with Crippen LogP contribution in [0.5, 0.6) is 0 Å². The average molecular weight is 352 g/mol. The van der Waals surface area contributed by atoms with Gasteiger partial charge in [-0.1, -0.05) is 36.4 Å². The van der Waals surface area contributed by atoms with Gasteiger partial charge in [-0.15, -0.1) is 0 Å². The molecule has 1 amide bonds. The number of β-lactam (4-membered cyclic amide) rings is 1. The molecule has 3 aromatic carbocycles. The molecule has 27 heavy (non-hydrogen) atoms. The summed E-state index contributed by atoms with van der Waals surface area (Å²) in [6, 6.07) is 22.5. The maximum absolute atomic E-state index is 12.5. The molecule has 2 aliphatic rings. The van der Waals surface area contributed by atoms with Crippen molar-refractivity contribution in [2.45, 2.75) is 12.0 Å². The second-order valence-electron chi connectivity index (χ2n) is 7.07. The number of carbonyl (C=O) groups excluding carboxylic acids is 1. The van der Waals surface area contributed by atoms with Gasteiger partial charge in [0.2, 0.25) is 5.91 Å². The first-order valence-electron chi connectivity index (χ1n) is 9.02. The van der Waals surface area contributed by atoms with E-state index >= 15 is 0 Å². The lowest BCUT2D eigenvalue weighted by Crippen LogP contribution is -2.47. The predicted octanol–water partition coefficient (Wildman–Crippen LogP) is 4.49. The summed E-state index contributed by atoms with van der Waals surface area (Å²) in [4.78, 5) is 14.5. The SMILES string of the molecule is O=C1C2c3ccccc3N1C2c1ccccc1Nc1ccc2cn[nH]c2c1. The molecule has 3 heterocycles. The second-order valence-corrected chi connectivity index (χ2v) is 7.07. The molecule has 6 rings (SSSR count). The van der Waals surface area contributed by atoms with Gasteiger partial charge < -0.3 is 10.2 Å². The standard InChI is InChI=1S/C22H16N4O/c27-22-20-16-6-2-4-8-19(16)26(22)21(20)15-5-1-3-7-17(15)24-14-10-9-13-12-23-25-18(13)11-14/h1-12,20-21,24H,(H,23,25). The molecule has 5 nitrogen and oxygen atoms in total. The Hall–Kier alpha value is -3.60. The van der Waals surface area contributed by atoms with Crippen molar-refractivity contribution in [2.24, 2.45) is 0 Å². The summed E-state index contributed by atoms with van der Waals surface area (Å²) in [7, 11) is 0. The molecule has 0 aliphatic carbocycles. The Kier molecular flexibility index (Phi) is 2.81. The number of carbonyl (C=O) groups is 1. The number of anilines is 3. The van der Waals surface area contributed by atoms with Crippen LogP contribution in [0.25, 0.3) is 10.9 Å². The minimum atomic E-state index is -0.0702. The minimum absolute atomic E-state index is 0.0643. The van der Waals surface area contributed by atoms with Gasteiger partial charge >= 0.3 is 0 Å². The third kappa shape index (κ3) is 1.94. The average Bonchev–Trinajstić information content (AvgIpc) is 3.37. The van der Waals surface area contributed by atoms with Crippen molar-refractivity contribution in [2.75, 3.05) is 10.2 Å². The number of nitrogens with zero attached hydrogens (tertiary/aromatic N) is 2. The summed E-state index contributed by atoms with van der Waals surface area (Å²) in [5.41, 5.74) is 6.34. The van der Waals surface area contributed by atoms with E-state index in [4.69, 9.17) is 0 Å². The van der Waals surface area contributed by atoms with Crippen LogP contribution in [0.1, 0.15) is 23.1 Å². The Bertz CT molecular complexity index is 1180. The third-order valence-electron chi connectivity index (χ3n) is 5.63. The molecule has 2 unspecified atom stereocenters. The van der Waals surface area contributed by atoms with Crippen molar-refractivity contribution in [3.8, 4) is 0 Å². The number of rotatable bonds is 3. The van der Waals surface area contributed by atoms with Gasteiger partial charge in [0.1, 0.15) is 0 Å². The zero-order chi connectivity index (χ0) is 18.0. The van der Waals surface area contributed by atoms with Crippen LogP contribution in [0.3, 0.4) is 0 Å². The minimum Gasteiger partial charge on any atom is -0.355 e. The number of fused-ring (bicyclic) bond motifs is 6. The number of amides is 1. The van der Waals surface area contributed by atoms with Crippen LogP contribution in [0.15, 0.2) is 72.9 Å². The summed E-state index contributed by atoms with van der Waals surface area (Å²) in [5, 5.41) is 11.7. The van der Waals surface area contributed by atoms with Crippen LogP contribution in [0, 0.1) is 0 Å². The molecule has 4 aromatic rings. The molecule has 1 aromatic heterocycles. The summed E-state index contributed by atoms with van der Waals surface area (Å²) in [6.45, 7) is 0. The fourth-order valence-corrected chi connectivity index (χ4v) is 4.39. The largest absolute Gasteiger partial charge is 0.355 e. The number of aromatic amines is 1. The third-order valence-corrected chi connectivity index (χ3v) is 5.63. The van der Waals surface area contributed by atoms with E-state index in [2.05, 4.69) is 39.8 Å². The lowest BCUT2D eigenvalue weighted by molar-refractivity contribution is -0.125. The van der Waals surface area contributed by atoms with E-state index in [0.29, 0.717) is 0 Å². The second kappa shape index (κ2) is 5.20. The van der Waals surface area contributed by atoms with Crippen molar-refractivity contribution in [1.82, 2.24) is 10.2 Å². The highest BCUT2D eigenvalue weighted by molar-refractivity contribution is 6.13. The molecule has 1 fully saturated rings. The fourth-order valence-electron chi connectivity index (χ4n) is 4.39. The quantitative estimate of drug-likeness (QED) is 0.534. The van der Waals surface area contributed by atoms with Gasteiger partial charge in [-0.2, -0.15) is 5.10 Å². The van der Waals surface area contributed by atoms with Crippen LogP contribution < -0.4 is 10.2 Å². The van der Waals surface area contributed by atoms with E-state index in [1.165, 1.54) is 0 Å². The Morgan fingerprint density at radius 3 is 2.67 bits per heavy atom. The van der Waals surface area contributed by atoms with Crippen LogP contribution in [-0.4, -0.2) is 16.1 Å². The van der Waals surface area contributed by atoms with E-state index < -0.39 is 0 Å². The number of nitrogens with one attached hydrogen (secondary N) is 2. The van der Waals surface area contributed by atoms with E-state index in [0.717, 1.165) is 39.1 Å². The Morgan fingerprint density at radius 1 is 0.963 bits per heavy atom. The van der Waals surface area contributed by atoms with Crippen molar-refractivity contribution in [3.63, 3.8) is 0 Å². The monoisotopic (exact) mass is 352 g/mol.